The lowest BCUT2D eigenvalue weighted by molar-refractivity contribution is 0.101. The van der Waals surface area contributed by atoms with Crippen LogP contribution in [0.5, 0.6) is 5.75 Å². The van der Waals surface area contributed by atoms with Gasteiger partial charge < -0.3 is 5.11 Å². The topological polar surface area (TPSA) is 71.4 Å². The van der Waals surface area contributed by atoms with Gasteiger partial charge in [-0.15, -0.1) is 0 Å². The van der Waals surface area contributed by atoms with E-state index in [2.05, 4.69) is 0 Å². The van der Waals surface area contributed by atoms with Crippen molar-refractivity contribution in [2.24, 2.45) is 0 Å². The van der Waals surface area contributed by atoms with E-state index < -0.39 is 19.7 Å². The second-order valence-corrected chi connectivity index (χ2v) is 5.21. The van der Waals surface area contributed by atoms with Crippen LogP contribution in [0.1, 0.15) is 17.3 Å². The summed E-state index contributed by atoms with van der Waals surface area (Å²) in [5.74, 6) is -0.767. The Morgan fingerprint density at radius 2 is 2.00 bits per heavy atom. The smallest absolute Gasteiger partial charge is 0.264 e. The molecule has 0 bridgehead atoms. The predicted molar refractivity (Wildman–Crippen MR) is 51.2 cm³/mol. The number of phenolic OH excluding ortho intramolecular Hbond substituents is 1. The van der Waals surface area contributed by atoms with Crippen molar-refractivity contribution < 1.29 is 18.3 Å². The van der Waals surface area contributed by atoms with Crippen LogP contribution in [-0.2, 0) is 9.05 Å². The number of rotatable bonds is 2. The lowest BCUT2D eigenvalue weighted by Gasteiger charge is -2.02. The fourth-order valence-corrected chi connectivity index (χ4v) is 1.88. The molecule has 4 nitrogen and oxygen atoms in total. The number of ketones is 1. The number of Topliss-reactive ketones (excluding diaryl/α,β-unsaturated/α-hetero) is 1. The molecule has 0 heterocycles. The van der Waals surface area contributed by atoms with Crippen molar-refractivity contribution in [1.82, 2.24) is 0 Å². The highest BCUT2D eigenvalue weighted by molar-refractivity contribution is 8.13. The lowest BCUT2D eigenvalue weighted by atomic mass is 10.1. The van der Waals surface area contributed by atoms with E-state index in [0.717, 1.165) is 12.1 Å². The normalized spacial score (nSPS) is 11.3. The Morgan fingerprint density at radius 1 is 1.43 bits per heavy atom. The van der Waals surface area contributed by atoms with E-state index in [0.29, 0.717) is 0 Å². The van der Waals surface area contributed by atoms with E-state index in [9.17, 15) is 18.3 Å². The molecule has 0 saturated carbocycles. The molecule has 1 rings (SSSR count). The molecule has 76 valence electrons. The molecule has 0 fully saturated rings. The Hall–Kier alpha value is -1.07. The van der Waals surface area contributed by atoms with Gasteiger partial charge in [-0.25, -0.2) is 8.42 Å². The fraction of sp³-hybridized carbons (Fsp3) is 0.125. The Balaban J connectivity index is 3.44. The zero-order valence-corrected chi connectivity index (χ0v) is 8.76. The molecule has 14 heavy (non-hydrogen) atoms. The minimum Gasteiger partial charge on any atom is -0.507 e. The lowest BCUT2D eigenvalue weighted by Crippen LogP contribution is -1.97. The van der Waals surface area contributed by atoms with Gasteiger partial charge in [0.25, 0.3) is 9.05 Å². The highest BCUT2D eigenvalue weighted by Crippen LogP contribution is 2.26. The van der Waals surface area contributed by atoms with Crippen LogP contribution in [0.2, 0.25) is 0 Å². The monoisotopic (exact) mass is 234 g/mol. The van der Waals surface area contributed by atoms with Crippen LogP contribution in [0.25, 0.3) is 0 Å². The average Bonchev–Trinajstić information content (AvgIpc) is 2.02. The van der Waals surface area contributed by atoms with E-state index in [1.54, 1.807) is 0 Å². The van der Waals surface area contributed by atoms with Crippen LogP contribution in [0.3, 0.4) is 0 Å². The van der Waals surface area contributed by atoms with Crippen LogP contribution < -0.4 is 0 Å². The molecule has 0 unspecified atom stereocenters. The third kappa shape index (κ3) is 2.24. The first-order valence-corrected chi connectivity index (χ1v) is 5.92. The maximum absolute atomic E-state index is 10.9. The number of benzene rings is 1. The molecule has 0 aliphatic rings. The molecule has 1 aromatic carbocycles. The molecule has 0 radical (unpaired) electrons. The maximum Gasteiger partial charge on any atom is 0.264 e. The molecule has 1 aromatic rings. The molecule has 0 atom stereocenters. The van der Waals surface area contributed by atoms with Gasteiger partial charge in [0.15, 0.2) is 5.78 Å². The third-order valence-corrected chi connectivity index (χ3v) is 2.98. The predicted octanol–water partition coefficient (Wildman–Crippen LogP) is 1.52. The van der Waals surface area contributed by atoms with Crippen LogP contribution in [0, 0.1) is 0 Å². The van der Waals surface area contributed by atoms with E-state index in [-0.39, 0.29) is 11.3 Å². The zero-order valence-electron chi connectivity index (χ0n) is 7.19. The Bertz CT molecular complexity index is 478. The number of carbonyl (C=O) groups is 1. The molecule has 0 aliphatic heterocycles. The first-order valence-electron chi connectivity index (χ1n) is 3.61. The van der Waals surface area contributed by atoms with Crippen molar-refractivity contribution in [1.29, 1.82) is 0 Å². The zero-order chi connectivity index (χ0) is 10.9. The van der Waals surface area contributed by atoms with Crippen LogP contribution in [-0.4, -0.2) is 19.3 Å². The summed E-state index contributed by atoms with van der Waals surface area (Å²) < 4.78 is 21.8. The molecule has 1 N–H and O–H groups in total. The molecule has 6 heteroatoms. The Kier molecular flexibility index (Phi) is 2.82. The van der Waals surface area contributed by atoms with E-state index in [1.165, 1.54) is 13.0 Å². The minimum atomic E-state index is -4.02. The number of halogens is 1. The van der Waals surface area contributed by atoms with Crippen molar-refractivity contribution in [2.75, 3.05) is 0 Å². The summed E-state index contributed by atoms with van der Waals surface area (Å²) in [5.41, 5.74) is 0.182. The number of aromatic hydroxyl groups is 1. The van der Waals surface area contributed by atoms with Crippen molar-refractivity contribution in [3.63, 3.8) is 0 Å². The average molecular weight is 235 g/mol. The first kappa shape index (κ1) is 11.0. The van der Waals surface area contributed by atoms with E-state index >= 15 is 0 Å². The third-order valence-electron chi connectivity index (χ3n) is 1.63. The number of phenols is 1. The Morgan fingerprint density at radius 3 is 2.43 bits per heavy atom. The summed E-state index contributed by atoms with van der Waals surface area (Å²) in [6.45, 7) is 1.29. The highest BCUT2D eigenvalue weighted by atomic mass is 35.7. The SMILES string of the molecule is CC(=O)c1ccc(O)c(S(=O)(=O)Cl)c1. The van der Waals surface area contributed by atoms with Gasteiger partial charge >= 0.3 is 0 Å². The summed E-state index contributed by atoms with van der Waals surface area (Å²) in [7, 11) is 1.02. The van der Waals surface area contributed by atoms with Gasteiger partial charge in [-0.05, 0) is 25.1 Å². The molecular formula is C8H7ClO4S. The summed E-state index contributed by atoms with van der Waals surface area (Å²) in [4.78, 5) is 10.5. The molecule has 0 spiro atoms. The van der Waals surface area contributed by atoms with Gasteiger partial charge in [0.1, 0.15) is 10.6 Å². The molecule has 0 saturated heterocycles. The second-order valence-electron chi connectivity index (χ2n) is 2.68. The quantitative estimate of drug-likeness (QED) is 0.622. The minimum absolute atomic E-state index is 0.182. The standard InChI is InChI=1S/C8H7ClO4S/c1-5(10)6-2-3-7(11)8(4-6)14(9,12)13/h2-4,11H,1H3. The van der Waals surface area contributed by atoms with Crippen LogP contribution in [0.15, 0.2) is 23.1 Å². The van der Waals surface area contributed by atoms with Crippen molar-refractivity contribution in [3.05, 3.63) is 23.8 Å². The molecule has 0 aliphatic carbocycles. The fourth-order valence-electron chi connectivity index (χ4n) is 0.928. The maximum atomic E-state index is 10.9. The van der Waals surface area contributed by atoms with Gasteiger partial charge in [0.05, 0.1) is 0 Å². The molecule has 0 amide bonds. The second kappa shape index (κ2) is 3.59. The first-order chi connectivity index (χ1) is 6.32. The van der Waals surface area contributed by atoms with Crippen LogP contribution in [0.4, 0.5) is 0 Å². The van der Waals surface area contributed by atoms with Crippen LogP contribution >= 0.6 is 10.7 Å². The number of carbonyl (C=O) groups excluding carboxylic acids is 1. The van der Waals surface area contributed by atoms with Gasteiger partial charge in [0.2, 0.25) is 0 Å². The van der Waals surface area contributed by atoms with Gasteiger partial charge in [0, 0.05) is 16.2 Å². The summed E-state index contributed by atoms with van der Waals surface area (Å²) in [5, 5.41) is 9.18. The summed E-state index contributed by atoms with van der Waals surface area (Å²) in [6, 6.07) is 3.48. The van der Waals surface area contributed by atoms with Crippen molar-refractivity contribution >= 4 is 25.5 Å². The van der Waals surface area contributed by atoms with Gasteiger partial charge in [-0.1, -0.05) is 0 Å². The number of hydrogen-bond acceptors (Lipinski definition) is 4. The highest BCUT2D eigenvalue weighted by Gasteiger charge is 2.16. The van der Waals surface area contributed by atoms with Crippen molar-refractivity contribution in [2.45, 2.75) is 11.8 Å². The number of hydrogen-bond donors (Lipinski definition) is 1. The van der Waals surface area contributed by atoms with E-state index in [4.69, 9.17) is 10.7 Å². The Labute approximate surface area is 85.5 Å². The van der Waals surface area contributed by atoms with Crippen molar-refractivity contribution in [3.8, 4) is 5.75 Å². The molecular weight excluding hydrogens is 228 g/mol. The largest absolute Gasteiger partial charge is 0.507 e. The van der Waals surface area contributed by atoms with Gasteiger partial charge in [-0.3, -0.25) is 4.79 Å². The van der Waals surface area contributed by atoms with Gasteiger partial charge in [-0.2, -0.15) is 0 Å². The summed E-state index contributed by atoms with van der Waals surface area (Å²) in [6.07, 6.45) is 0. The van der Waals surface area contributed by atoms with E-state index in [1.807, 2.05) is 0 Å². The summed E-state index contributed by atoms with van der Waals surface area (Å²) >= 11 is 0. The molecule has 0 aromatic heterocycles.